The first-order valence-electron chi connectivity index (χ1n) is 17.7. The van der Waals surface area contributed by atoms with Crippen LogP contribution in [0.1, 0.15) is 38.5 Å². The largest absolute Gasteiger partial charge is 0.550 e. The van der Waals surface area contributed by atoms with Crippen LogP contribution in [0.4, 0.5) is 0 Å². The van der Waals surface area contributed by atoms with Crippen LogP contribution in [0, 0.1) is 23.7 Å². The topological polar surface area (TPSA) is 270 Å². The third-order valence-corrected chi connectivity index (χ3v) is 10.0. The summed E-state index contributed by atoms with van der Waals surface area (Å²) in [5, 5.41) is 75.1. The Hall–Kier alpha value is -3.13. The van der Waals surface area contributed by atoms with Crippen molar-refractivity contribution in [2.45, 2.75) is 87.7 Å². The molecule has 3 aliphatic heterocycles. The number of ether oxygens (including phenoxy) is 4. The fourth-order valence-electron chi connectivity index (χ4n) is 7.21. The van der Waals surface area contributed by atoms with Gasteiger partial charge in [0.15, 0.2) is 12.2 Å². The highest BCUT2D eigenvalue weighted by atomic mass is 16.8. The van der Waals surface area contributed by atoms with E-state index in [4.69, 9.17) is 29.8 Å². The fraction of sp³-hybridized carbons (Fsp3) is 0.735. The second-order valence-electron chi connectivity index (χ2n) is 13.5. The quantitative estimate of drug-likeness (QED) is 0.0253. The summed E-state index contributed by atoms with van der Waals surface area (Å²) in [5.41, 5.74) is 6.26. The number of esters is 1. The van der Waals surface area contributed by atoms with E-state index in [-0.39, 0.29) is 50.5 Å². The Morgan fingerprint density at radius 2 is 1.80 bits per heavy atom. The van der Waals surface area contributed by atoms with Crippen molar-refractivity contribution in [3.63, 3.8) is 0 Å². The van der Waals surface area contributed by atoms with E-state index in [2.05, 4.69) is 16.9 Å². The zero-order valence-electron chi connectivity index (χ0n) is 28.7. The van der Waals surface area contributed by atoms with E-state index in [1.54, 1.807) is 12.2 Å². The number of carbonyl (C=O) groups excluding carboxylic acids is 2. The second-order valence-corrected chi connectivity index (χ2v) is 13.5. The van der Waals surface area contributed by atoms with Crippen molar-refractivity contribution in [1.82, 2.24) is 5.32 Å². The smallest absolute Gasteiger partial charge is 0.338 e. The highest BCUT2D eigenvalue weighted by Gasteiger charge is 2.48. The van der Waals surface area contributed by atoms with E-state index in [0.29, 0.717) is 13.0 Å². The van der Waals surface area contributed by atoms with Gasteiger partial charge in [0.05, 0.1) is 62.0 Å². The standard InChI is InChI=1S/C34H54N4O13/c1-2-21-22(10-9-19-15-38(12-14-40)16-23(30(45)46)26(19)37-34(35)36-11-6-13-39)24(31(47)49-20-7-4-3-5-8-20)18-48-32(21)51-33-29(44)28(43)27(42)25(17-41)50-33/h2,9-10,18-23,25-29,32-33,39-44H,1,3-8,11-17H2,(H,45,46)(H3,35,36,37). The Bertz CT molecular complexity index is 1240. The number of aliphatic hydroxyl groups is 6. The minimum Gasteiger partial charge on any atom is -0.550 e. The lowest BCUT2D eigenvalue weighted by molar-refractivity contribution is -0.911. The molecule has 1 saturated carbocycles. The Kier molecular flexibility index (Phi) is 15.6. The van der Waals surface area contributed by atoms with Crippen molar-refractivity contribution in [2.24, 2.45) is 34.4 Å². The van der Waals surface area contributed by atoms with Crippen LogP contribution in [0.3, 0.4) is 0 Å². The number of hydrogen-bond acceptors (Lipinski definition) is 14. The van der Waals surface area contributed by atoms with Crippen molar-refractivity contribution in [2.75, 3.05) is 46.0 Å². The van der Waals surface area contributed by atoms with Gasteiger partial charge in [-0.3, -0.25) is 4.99 Å². The van der Waals surface area contributed by atoms with Crippen LogP contribution in [0.15, 0.2) is 41.6 Å². The predicted molar refractivity (Wildman–Crippen MR) is 177 cm³/mol. The van der Waals surface area contributed by atoms with Gasteiger partial charge >= 0.3 is 5.97 Å². The number of hydrogen-bond donors (Lipinski definition) is 9. The van der Waals surface area contributed by atoms with Crippen molar-refractivity contribution in [1.29, 1.82) is 0 Å². The number of aliphatic hydroxyl groups excluding tert-OH is 6. The van der Waals surface area contributed by atoms with Crippen molar-refractivity contribution in [3.8, 4) is 0 Å². The van der Waals surface area contributed by atoms with Crippen molar-refractivity contribution >= 4 is 17.9 Å². The maximum atomic E-state index is 13.7. The Morgan fingerprint density at radius 1 is 1.06 bits per heavy atom. The number of carboxylic acid groups (broad SMARTS) is 1. The van der Waals surface area contributed by atoms with Crippen molar-refractivity contribution < 1.29 is 69.2 Å². The molecular formula is C34H54N4O13. The second kappa shape index (κ2) is 19.6. The molecule has 2 saturated heterocycles. The van der Waals surface area contributed by atoms with Crippen LogP contribution in [0.5, 0.6) is 0 Å². The van der Waals surface area contributed by atoms with Crippen LogP contribution >= 0.6 is 0 Å². The maximum Gasteiger partial charge on any atom is 0.338 e. The molecule has 0 radical (unpaired) electrons. The van der Waals surface area contributed by atoms with E-state index in [1.165, 1.54) is 12.3 Å². The molecule has 4 aliphatic rings. The monoisotopic (exact) mass is 726 g/mol. The van der Waals surface area contributed by atoms with Crippen molar-refractivity contribution in [3.05, 3.63) is 36.6 Å². The number of piperidine rings is 1. The molecule has 0 bridgehead atoms. The average molecular weight is 727 g/mol. The lowest BCUT2D eigenvalue weighted by atomic mass is 9.79. The zero-order valence-corrected chi connectivity index (χ0v) is 28.7. The minimum absolute atomic E-state index is 0.0108. The number of allylic oxidation sites excluding steroid dienone is 1. The summed E-state index contributed by atoms with van der Waals surface area (Å²) in [5.74, 6) is -5.17. The molecule has 288 valence electrons. The van der Waals surface area contributed by atoms with Gasteiger partial charge < -0.3 is 75.4 Å². The lowest BCUT2D eigenvalue weighted by Gasteiger charge is -2.43. The number of nitrogens with one attached hydrogen (secondary N) is 2. The first-order valence-corrected chi connectivity index (χ1v) is 17.7. The van der Waals surface area contributed by atoms with Gasteiger partial charge in [0.2, 0.25) is 6.29 Å². The number of guanidine groups is 1. The van der Waals surface area contributed by atoms with E-state index in [0.717, 1.165) is 37.0 Å². The van der Waals surface area contributed by atoms with Gasteiger partial charge in [-0.15, -0.1) is 6.58 Å². The van der Waals surface area contributed by atoms with E-state index < -0.39 is 85.3 Å². The summed E-state index contributed by atoms with van der Waals surface area (Å²) < 4.78 is 23.2. The molecule has 0 amide bonds. The fourth-order valence-corrected chi connectivity index (χ4v) is 7.21. The number of aliphatic carboxylic acids is 1. The number of aliphatic imine (C=N–C) groups is 1. The molecule has 51 heavy (non-hydrogen) atoms. The zero-order chi connectivity index (χ0) is 37.1. The molecule has 0 spiro atoms. The Labute approximate surface area is 297 Å². The number of carboxylic acids is 1. The van der Waals surface area contributed by atoms with Gasteiger partial charge in [-0.2, -0.15) is 0 Å². The average Bonchev–Trinajstić information content (AvgIpc) is 3.12. The normalized spacial score (nSPS) is 36.6. The summed E-state index contributed by atoms with van der Waals surface area (Å²) >= 11 is 0. The van der Waals surface area contributed by atoms with Crippen LogP contribution in [-0.4, -0.2) is 144 Å². The highest BCUT2D eigenvalue weighted by molar-refractivity contribution is 5.89. The van der Waals surface area contributed by atoms with Crippen LogP contribution in [0.2, 0.25) is 0 Å². The molecule has 0 aromatic rings. The first-order chi connectivity index (χ1) is 24.5. The van der Waals surface area contributed by atoms with E-state index in [1.807, 2.05) is 0 Å². The molecule has 3 fully saturated rings. The summed E-state index contributed by atoms with van der Waals surface area (Å²) in [4.78, 5) is 31.1. The predicted octanol–water partition coefficient (Wildman–Crippen LogP) is -4.58. The minimum atomic E-state index is -1.71. The lowest BCUT2D eigenvalue weighted by Crippen LogP contribution is -3.16. The summed E-state index contributed by atoms with van der Waals surface area (Å²) in [6.45, 7) is 4.02. The molecule has 17 nitrogen and oxygen atoms in total. The third-order valence-electron chi connectivity index (χ3n) is 10.0. The van der Waals surface area contributed by atoms with E-state index in [9.17, 15) is 40.2 Å². The van der Waals surface area contributed by atoms with Crippen LogP contribution in [0.25, 0.3) is 0 Å². The van der Waals surface area contributed by atoms with Gasteiger partial charge in [0, 0.05) is 25.0 Å². The summed E-state index contributed by atoms with van der Waals surface area (Å²) in [6, 6.07) is -0.795. The number of nitrogens with two attached hydrogens (primary N) is 1. The molecule has 3 heterocycles. The van der Waals surface area contributed by atoms with Gasteiger partial charge in [-0.05, 0) is 32.1 Å². The van der Waals surface area contributed by atoms with Gasteiger partial charge in [0.1, 0.15) is 37.1 Å². The van der Waals surface area contributed by atoms with Gasteiger partial charge in [0.25, 0.3) is 0 Å². The number of nitrogens with zero attached hydrogens (tertiary/aromatic N) is 1. The van der Waals surface area contributed by atoms with Crippen LogP contribution < -0.4 is 21.1 Å². The number of likely N-dealkylation sites (tertiary alicyclic amines) is 1. The number of quaternary nitrogens is 1. The molecule has 12 atom stereocenters. The van der Waals surface area contributed by atoms with Gasteiger partial charge in [-0.25, -0.2) is 4.79 Å². The SMILES string of the molecule is C=CC1C(OC2OC(CO)C(O)C(O)C2O)OC=C(C(=O)OC2CCCCC2)C1C=CC1C[NH+](CCO)CC(C(=O)[O-])C1NC(N)=NCCCO. The van der Waals surface area contributed by atoms with E-state index >= 15 is 0 Å². The molecule has 17 heteroatoms. The molecule has 10 N–H and O–H groups in total. The number of carbonyl (C=O) groups is 2. The highest BCUT2D eigenvalue weighted by Crippen LogP contribution is 2.37. The molecule has 0 aromatic carbocycles. The third kappa shape index (κ3) is 10.5. The molecule has 0 aromatic heterocycles. The first kappa shape index (κ1) is 40.6. The summed E-state index contributed by atoms with van der Waals surface area (Å²) in [7, 11) is 0. The number of rotatable bonds is 15. The Morgan fingerprint density at radius 3 is 2.45 bits per heavy atom. The molecule has 4 rings (SSSR count). The molecule has 1 aliphatic carbocycles. The van der Waals surface area contributed by atoms with Gasteiger partial charge in [-0.1, -0.05) is 24.6 Å². The Balaban J connectivity index is 1.67. The maximum absolute atomic E-state index is 13.7. The van der Waals surface area contributed by atoms with Crippen LogP contribution in [-0.2, 0) is 28.5 Å². The summed E-state index contributed by atoms with van der Waals surface area (Å²) in [6.07, 6.45) is 1.54. The molecule has 12 unspecified atom stereocenters. The molecular weight excluding hydrogens is 672 g/mol.